The van der Waals surface area contributed by atoms with Crippen LogP contribution in [0.4, 0.5) is 0 Å². The first kappa shape index (κ1) is 26.5. The predicted molar refractivity (Wildman–Crippen MR) is 151 cm³/mol. The molecule has 0 heterocycles. The highest BCUT2D eigenvalue weighted by Crippen LogP contribution is 2.32. The van der Waals surface area contributed by atoms with Gasteiger partial charge in [-0.1, -0.05) is 118 Å². The Morgan fingerprint density at radius 3 is 1.53 bits per heavy atom. The van der Waals surface area contributed by atoms with E-state index >= 15 is 0 Å². The van der Waals surface area contributed by atoms with Gasteiger partial charge in [-0.05, 0) is 54.6 Å². The van der Waals surface area contributed by atoms with Crippen LogP contribution in [0, 0.1) is 0 Å². The van der Waals surface area contributed by atoms with E-state index in [9.17, 15) is 4.79 Å². The van der Waals surface area contributed by atoms with Crippen LogP contribution in [-0.2, 0) is 4.74 Å². The van der Waals surface area contributed by atoms with E-state index in [1.807, 2.05) is 24.3 Å². The van der Waals surface area contributed by atoms with Crippen LogP contribution in [0.1, 0.15) is 68.1 Å². The van der Waals surface area contributed by atoms with E-state index in [0.29, 0.717) is 12.2 Å². The fourth-order valence-electron chi connectivity index (χ4n) is 4.05. The standard InChI is InChI=1S/C30H37O2PS/c31-30(32-24-14-6-4-2-1-3-5-7-15-25-34)26-20-22-29(23-21-26)33(27-16-10-8-11-17-27)28-18-12-9-13-19-28/h8-13,16-23,34H,1-7,14-15,24-25H2. The first-order valence-electron chi connectivity index (χ1n) is 12.6. The van der Waals surface area contributed by atoms with Gasteiger partial charge in [-0.3, -0.25) is 0 Å². The van der Waals surface area contributed by atoms with E-state index in [-0.39, 0.29) is 5.97 Å². The zero-order valence-corrected chi connectivity index (χ0v) is 21.9. The molecule has 0 amide bonds. The Kier molecular flexibility index (Phi) is 12.3. The van der Waals surface area contributed by atoms with Crippen LogP contribution in [0.15, 0.2) is 84.9 Å². The van der Waals surface area contributed by atoms with Crippen molar-refractivity contribution < 1.29 is 9.53 Å². The molecule has 0 aliphatic carbocycles. The molecule has 0 saturated heterocycles. The molecular formula is C30H37O2PS. The minimum absolute atomic E-state index is 0.223. The molecule has 0 aromatic heterocycles. The summed E-state index contributed by atoms with van der Waals surface area (Å²) in [5.41, 5.74) is 0.626. The number of rotatable bonds is 15. The smallest absolute Gasteiger partial charge is 0.338 e. The number of benzene rings is 3. The third-order valence-electron chi connectivity index (χ3n) is 5.93. The largest absolute Gasteiger partial charge is 0.462 e. The van der Waals surface area contributed by atoms with Crippen LogP contribution in [0.5, 0.6) is 0 Å². The van der Waals surface area contributed by atoms with Crippen LogP contribution < -0.4 is 15.9 Å². The Hall–Kier alpha value is -2.09. The molecule has 2 nitrogen and oxygen atoms in total. The van der Waals surface area contributed by atoms with Crippen LogP contribution in [-0.4, -0.2) is 18.3 Å². The molecular weight excluding hydrogens is 455 g/mol. The Bertz CT molecular complexity index is 905. The van der Waals surface area contributed by atoms with Gasteiger partial charge in [0.05, 0.1) is 12.2 Å². The van der Waals surface area contributed by atoms with Crippen molar-refractivity contribution in [3.8, 4) is 0 Å². The summed E-state index contributed by atoms with van der Waals surface area (Å²) in [6, 6.07) is 29.2. The molecule has 3 rings (SSSR count). The molecule has 0 unspecified atom stereocenters. The second-order valence-corrected chi connectivity index (χ2v) is 11.3. The normalized spacial score (nSPS) is 11.0. The molecule has 0 aliphatic heterocycles. The van der Waals surface area contributed by atoms with Crippen molar-refractivity contribution in [1.82, 2.24) is 0 Å². The molecule has 3 aromatic rings. The average Bonchev–Trinajstić information content (AvgIpc) is 2.89. The molecule has 0 fully saturated rings. The molecule has 0 atom stereocenters. The lowest BCUT2D eigenvalue weighted by atomic mass is 10.1. The van der Waals surface area contributed by atoms with Crippen molar-refractivity contribution in [3.05, 3.63) is 90.5 Å². The molecule has 0 spiro atoms. The molecule has 0 N–H and O–H groups in total. The molecule has 4 heteroatoms. The van der Waals surface area contributed by atoms with E-state index in [1.54, 1.807) is 0 Å². The van der Waals surface area contributed by atoms with Gasteiger partial charge in [-0.25, -0.2) is 4.79 Å². The Balaban J connectivity index is 1.45. The number of carbonyl (C=O) groups is 1. The monoisotopic (exact) mass is 492 g/mol. The van der Waals surface area contributed by atoms with Crippen molar-refractivity contribution in [3.63, 3.8) is 0 Å². The van der Waals surface area contributed by atoms with Crippen molar-refractivity contribution >= 4 is 42.4 Å². The third kappa shape index (κ3) is 8.93. The van der Waals surface area contributed by atoms with Gasteiger partial charge in [0.2, 0.25) is 0 Å². The highest BCUT2D eigenvalue weighted by molar-refractivity contribution is 7.80. The summed E-state index contributed by atoms with van der Waals surface area (Å²) in [5, 5.41) is 3.84. The van der Waals surface area contributed by atoms with Crippen molar-refractivity contribution in [2.75, 3.05) is 12.4 Å². The van der Waals surface area contributed by atoms with Crippen LogP contribution in [0.25, 0.3) is 0 Å². The highest BCUT2D eigenvalue weighted by atomic mass is 32.1. The van der Waals surface area contributed by atoms with E-state index < -0.39 is 7.92 Å². The number of carbonyl (C=O) groups excluding carboxylic acids is 1. The Morgan fingerprint density at radius 1 is 0.588 bits per heavy atom. The summed E-state index contributed by atoms with van der Waals surface area (Å²) in [6.45, 7) is 0.503. The molecule has 180 valence electrons. The first-order chi connectivity index (χ1) is 16.8. The predicted octanol–water partition coefficient (Wildman–Crippen LogP) is 7.04. The van der Waals surface area contributed by atoms with E-state index in [0.717, 1.165) is 18.6 Å². The lowest BCUT2D eigenvalue weighted by Gasteiger charge is -2.19. The fraction of sp³-hybridized carbons (Fsp3) is 0.367. The van der Waals surface area contributed by atoms with Crippen LogP contribution >= 0.6 is 20.6 Å². The number of hydrogen-bond donors (Lipinski definition) is 1. The number of thiol groups is 1. The van der Waals surface area contributed by atoms with Crippen LogP contribution in [0.2, 0.25) is 0 Å². The fourth-order valence-corrected chi connectivity index (χ4v) is 6.55. The van der Waals surface area contributed by atoms with Gasteiger partial charge in [-0.2, -0.15) is 12.6 Å². The van der Waals surface area contributed by atoms with Gasteiger partial charge in [0.15, 0.2) is 0 Å². The first-order valence-corrected chi connectivity index (χ1v) is 14.6. The second kappa shape index (κ2) is 15.7. The number of esters is 1. The average molecular weight is 493 g/mol. The molecule has 34 heavy (non-hydrogen) atoms. The summed E-state index contributed by atoms with van der Waals surface area (Å²) in [4.78, 5) is 12.5. The number of hydrogen-bond acceptors (Lipinski definition) is 3. The maximum absolute atomic E-state index is 12.5. The lowest BCUT2D eigenvalue weighted by molar-refractivity contribution is 0.0497. The molecule has 3 aromatic carbocycles. The van der Waals surface area contributed by atoms with Crippen molar-refractivity contribution in [2.45, 2.75) is 57.8 Å². The highest BCUT2D eigenvalue weighted by Gasteiger charge is 2.17. The van der Waals surface area contributed by atoms with Crippen molar-refractivity contribution in [1.29, 1.82) is 0 Å². The number of unbranched alkanes of at least 4 members (excludes halogenated alkanes) is 8. The van der Waals surface area contributed by atoms with Gasteiger partial charge in [0.1, 0.15) is 0 Å². The zero-order valence-electron chi connectivity index (χ0n) is 20.1. The minimum atomic E-state index is -0.659. The summed E-state index contributed by atoms with van der Waals surface area (Å²) in [7, 11) is -0.659. The van der Waals surface area contributed by atoms with E-state index in [1.165, 1.54) is 60.9 Å². The quantitative estimate of drug-likeness (QED) is 0.107. The summed E-state index contributed by atoms with van der Waals surface area (Å²) in [5.74, 6) is 0.783. The number of ether oxygens (including phenoxy) is 1. The van der Waals surface area contributed by atoms with E-state index in [4.69, 9.17) is 4.74 Å². The minimum Gasteiger partial charge on any atom is -0.462 e. The summed E-state index contributed by atoms with van der Waals surface area (Å²) < 4.78 is 5.53. The molecule has 0 saturated carbocycles. The summed E-state index contributed by atoms with van der Waals surface area (Å²) >= 11 is 4.25. The third-order valence-corrected chi connectivity index (χ3v) is 8.69. The summed E-state index contributed by atoms with van der Waals surface area (Å²) in [6.07, 6.45) is 11.1. The lowest BCUT2D eigenvalue weighted by Crippen LogP contribution is -2.20. The molecule has 0 radical (unpaired) electrons. The second-order valence-electron chi connectivity index (χ2n) is 8.59. The zero-order chi connectivity index (χ0) is 23.8. The SMILES string of the molecule is O=C(OCCCCCCCCCCCS)c1ccc(P(c2ccccc2)c2ccccc2)cc1. The van der Waals surface area contributed by atoms with Crippen LogP contribution in [0.3, 0.4) is 0 Å². The van der Waals surface area contributed by atoms with E-state index in [2.05, 4.69) is 73.3 Å². The molecule has 0 bridgehead atoms. The maximum Gasteiger partial charge on any atom is 0.338 e. The topological polar surface area (TPSA) is 26.3 Å². The van der Waals surface area contributed by atoms with Gasteiger partial charge < -0.3 is 4.74 Å². The Labute approximate surface area is 212 Å². The van der Waals surface area contributed by atoms with Gasteiger partial charge in [0, 0.05) is 0 Å². The van der Waals surface area contributed by atoms with Gasteiger partial charge in [-0.15, -0.1) is 0 Å². The van der Waals surface area contributed by atoms with Gasteiger partial charge in [0.25, 0.3) is 0 Å². The molecule has 0 aliphatic rings. The maximum atomic E-state index is 12.5. The van der Waals surface area contributed by atoms with Gasteiger partial charge >= 0.3 is 5.97 Å². The van der Waals surface area contributed by atoms with Crippen molar-refractivity contribution in [2.24, 2.45) is 0 Å². The Morgan fingerprint density at radius 2 is 1.03 bits per heavy atom.